The smallest absolute Gasteiger partial charge is 0.125 e. The van der Waals surface area contributed by atoms with E-state index in [1.807, 2.05) is 62.5 Å². The largest absolute Gasteiger partial charge is 0.491 e. The van der Waals surface area contributed by atoms with E-state index in [-0.39, 0.29) is 0 Å². The zero-order chi connectivity index (χ0) is 17.6. The Balaban J connectivity index is 1.80. The first-order valence-electron chi connectivity index (χ1n) is 8.61. The van der Waals surface area contributed by atoms with Crippen molar-refractivity contribution in [3.8, 4) is 17.0 Å². The van der Waals surface area contributed by atoms with Crippen LogP contribution in [0.15, 0.2) is 48.7 Å². The Bertz CT molecular complexity index is 834. The zero-order valence-electron chi connectivity index (χ0n) is 14.6. The van der Waals surface area contributed by atoms with Crippen LogP contribution < -0.4 is 10.1 Å². The molecule has 1 atom stereocenters. The van der Waals surface area contributed by atoms with Crippen molar-refractivity contribution in [2.45, 2.75) is 26.4 Å². The van der Waals surface area contributed by atoms with Crippen LogP contribution in [0.25, 0.3) is 22.2 Å². The van der Waals surface area contributed by atoms with E-state index in [1.165, 1.54) is 0 Å². The molecule has 130 valence electrons. The summed E-state index contributed by atoms with van der Waals surface area (Å²) in [7, 11) is 0. The van der Waals surface area contributed by atoms with Crippen LogP contribution in [0.2, 0.25) is 0 Å². The Morgan fingerprint density at radius 3 is 2.72 bits per heavy atom. The topological polar surface area (TPSA) is 67.3 Å². The molecule has 0 amide bonds. The van der Waals surface area contributed by atoms with Crippen LogP contribution in [0.4, 0.5) is 5.82 Å². The van der Waals surface area contributed by atoms with Gasteiger partial charge >= 0.3 is 0 Å². The number of benzene rings is 1. The first-order valence-corrected chi connectivity index (χ1v) is 8.61. The molecule has 0 aliphatic carbocycles. The molecular formula is C20H23N3O2. The average molecular weight is 337 g/mol. The van der Waals surface area contributed by atoms with Gasteiger partial charge < -0.3 is 15.2 Å². The molecule has 0 saturated carbocycles. The van der Waals surface area contributed by atoms with Gasteiger partial charge in [-0.05, 0) is 49.7 Å². The van der Waals surface area contributed by atoms with Crippen LogP contribution in [-0.2, 0) is 0 Å². The van der Waals surface area contributed by atoms with Gasteiger partial charge in [-0.3, -0.25) is 0 Å². The predicted octanol–water partition coefficient (Wildman–Crippen LogP) is 3.88. The maximum atomic E-state index is 9.60. The Morgan fingerprint density at radius 2 is 2.00 bits per heavy atom. The zero-order valence-corrected chi connectivity index (χ0v) is 14.6. The normalized spacial score (nSPS) is 12.1. The molecule has 25 heavy (non-hydrogen) atoms. The first kappa shape index (κ1) is 17.2. The van der Waals surface area contributed by atoms with Gasteiger partial charge in [0.05, 0.1) is 17.3 Å². The summed E-state index contributed by atoms with van der Waals surface area (Å²) in [6.07, 6.45) is 2.07. The fourth-order valence-electron chi connectivity index (χ4n) is 2.50. The highest BCUT2D eigenvalue weighted by Crippen LogP contribution is 2.24. The van der Waals surface area contributed by atoms with Crippen LogP contribution in [-0.4, -0.2) is 34.3 Å². The van der Waals surface area contributed by atoms with Gasteiger partial charge in [-0.25, -0.2) is 9.97 Å². The lowest BCUT2D eigenvalue weighted by atomic mass is 10.1. The molecule has 0 bridgehead atoms. The summed E-state index contributed by atoms with van der Waals surface area (Å²) < 4.78 is 5.62. The minimum Gasteiger partial charge on any atom is -0.491 e. The van der Waals surface area contributed by atoms with E-state index in [2.05, 4.69) is 10.3 Å². The maximum absolute atomic E-state index is 9.60. The lowest BCUT2D eigenvalue weighted by Gasteiger charge is -2.11. The van der Waals surface area contributed by atoms with Crippen molar-refractivity contribution in [3.63, 3.8) is 0 Å². The minimum atomic E-state index is -0.436. The van der Waals surface area contributed by atoms with Crippen molar-refractivity contribution < 1.29 is 9.84 Å². The number of nitrogens with zero attached hydrogens (tertiary/aromatic N) is 2. The van der Waals surface area contributed by atoms with Crippen LogP contribution in [0.1, 0.15) is 20.3 Å². The van der Waals surface area contributed by atoms with E-state index in [0.717, 1.165) is 40.3 Å². The summed E-state index contributed by atoms with van der Waals surface area (Å²) in [6.45, 7) is 5.12. The van der Waals surface area contributed by atoms with Gasteiger partial charge in [0, 0.05) is 23.7 Å². The Labute approximate surface area is 147 Å². The van der Waals surface area contributed by atoms with E-state index in [4.69, 9.17) is 9.72 Å². The Hall–Kier alpha value is -2.66. The second-order valence-corrected chi connectivity index (χ2v) is 5.89. The number of anilines is 1. The molecule has 2 heterocycles. The number of aromatic nitrogens is 2. The van der Waals surface area contributed by atoms with Crippen LogP contribution in [0, 0.1) is 0 Å². The van der Waals surface area contributed by atoms with Gasteiger partial charge in [0.2, 0.25) is 0 Å². The molecule has 0 saturated heterocycles. The maximum Gasteiger partial charge on any atom is 0.125 e. The lowest BCUT2D eigenvalue weighted by Crippen LogP contribution is -2.15. The third-order valence-corrected chi connectivity index (χ3v) is 3.99. The van der Waals surface area contributed by atoms with Gasteiger partial charge in [-0.1, -0.05) is 13.0 Å². The van der Waals surface area contributed by atoms with Crippen molar-refractivity contribution >= 4 is 16.7 Å². The Kier molecular flexibility index (Phi) is 5.46. The van der Waals surface area contributed by atoms with Crippen LogP contribution >= 0.6 is 0 Å². The van der Waals surface area contributed by atoms with Crippen molar-refractivity contribution in [3.05, 3.63) is 48.7 Å². The van der Waals surface area contributed by atoms with Crippen molar-refractivity contribution in [2.24, 2.45) is 0 Å². The van der Waals surface area contributed by atoms with E-state index in [9.17, 15) is 5.11 Å². The van der Waals surface area contributed by atoms with Gasteiger partial charge in [-0.2, -0.15) is 0 Å². The predicted molar refractivity (Wildman–Crippen MR) is 101 cm³/mol. The van der Waals surface area contributed by atoms with E-state index in [0.29, 0.717) is 13.0 Å². The molecule has 5 heteroatoms. The fraction of sp³-hybridized carbons (Fsp3) is 0.300. The monoisotopic (exact) mass is 337 g/mol. The SMILES string of the molecule is CCNc1ccc(-c2ccc3cc(OCC(O)CC)ccc3n2)cn1. The van der Waals surface area contributed by atoms with E-state index >= 15 is 0 Å². The molecule has 0 radical (unpaired) electrons. The lowest BCUT2D eigenvalue weighted by molar-refractivity contribution is 0.104. The van der Waals surface area contributed by atoms with Gasteiger partial charge in [0.15, 0.2) is 0 Å². The van der Waals surface area contributed by atoms with E-state index in [1.54, 1.807) is 0 Å². The third kappa shape index (κ3) is 4.25. The number of aliphatic hydroxyl groups is 1. The van der Waals surface area contributed by atoms with Gasteiger partial charge in [0.25, 0.3) is 0 Å². The number of hydrogen-bond donors (Lipinski definition) is 2. The molecule has 1 unspecified atom stereocenters. The number of rotatable bonds is 7. The molecule has 3 rings (SSSR count). The second-order valence-electron chi connectivity index (χ2n) is 5.89. The average Bonchev–Trinajstić information content (AvgIpc) is 2.66. The van der Waals surface area contributed by atoms with Crippen molar-refractivity contribution in [1.29, 1.82) is 0 Å². The quantitative estimate of drug-likeness (QED) is 0.685. The van der Waals surface area contributed by atoms with Gasteiger partial charge in [-0.15, -0.1) is 0 Å². The highest BCUT2D eigenvalue weighted by atomic mass is 16.5. The summed E-state index contributed by atoms with van der Waals surface area (Å²) in [5, 5.41) is 13.8. The molecule has 2 aromatic heterocycles. The van der Waals surface area contributed by atoms with Gasteiger partial charge in [0.1, 0.15) is 18.2 Å². The molecule has 2 N–H and O–H groups in total. The van der Waals surface area contributed by atoms with Crippen molar-refractivity contribution in [1.82, 2.24) is 9.97 Å². The number of hydrogen-bond acceptors (Lipinski definition) is 5. The first-order chi connectivity index (χ1) is 12.2. The molecule has 0 aliphatic heterocycles. The molecule has 3 aromatic rings. The molecular weight excluding hydrogens is 314 g/mol. The minimum absolute atomic E-state index is 0.303. The third-order valence-electron chi connectivity index (χ3n) is 3.99. The summed E-state index contributed by atoms with van der Waals surface area (Å²) >= 11 is 0. The fourth-order valence-corrected chi connectivity index (χ4v) is 2.50. The number of ether oxygens (including phenoxy) is 1. The number of aliphatic hydroxyl groups excluding tert-OH is 1. The number of nitrogens with one attached hydrogen (secondary N) is 1. The van der Waals surface area contributed by atoms with Crippen LogP contribution in [0.3, 0.4) is 0 Å². The highest BCUT2D eigenvalue weighted by Gasteiger charge is 2.06. The number of pyridine rings is 2. The molecule has 0 aliphatic rings. The molecule has 1 aromatic carbocycles. The molecule has 0 fully saturated rings. The molecule has 5 nitrogen and oxygen atoms in total. The second kappa shape index (κ2) is 7.94. The van der Waals surface area contributed by atoms with E-state index < -0.39 is 6.10 Å². The molecule has 0 spiro atoms. The summed E-state index contributed by atoms with van der Waals surface area (Å²) in [4.78, 5) is 9.10. The summed E-state index contributed by atoms with van der Waals surface area (Å²) in [5.74, 6) is 1.61. The summed E-state index contributed by atoms with van der Waals surface area (Å²) in [5.41, 5.74) is 2.77. The Morgan fingerprint density at radius 1 is 1.12 bits per heavy atom. The number of fused-ring (bicyclic) bond motifs is 1. The standard InChI is InChI=1S/C20H23N3O2/c1-3-16(24)13-25-17-7-9-18-14(11-17)5-8-19(23-18)15-6-10-20(21-4-2)22-12-15/h5-12,16,24H,3-4,13H2,1-2H3,(H,21,22). The van der Waals surface area contributed by atoms with Crippen LogP contribution in [0.5, 0.6) is 5.75 Å². The highest BCUT2D eigenvalue weighted by molar-refractivity contribution is 5.82. The summed E-state index contributed by atoms with van der Waals surface area (Å²) in [6, 6.07) is 13.8. The van der Waals surface area contributed by atoms with Crippen molar-refractivity contribution in [2.75, 3.05) is 18.5 Å².